The molecule has 0 radical (unpaired) electrons. The van der Waals surface area contributed by atoms with Crippen molar-refractivity contribution in [3.8, 4) is 22.3 Å². The third-order valence-electron chi connectivity index (χ3n) is 20.2. The van der Waals surface area contributed by atoms with Gasteiger partial charge in [-0.05, 0) is 184 Å². The van der Waals surface area contributed by atoms with Gasteiger partial charge in [-0.25, -0.2) is 4.85 Å². The van der Waals surface area contributed by atoms with E-state index in [1.165, 1.54) is 54.9 Å². The van der Waals surface area contributed by atoms with E-state index in [9.17, 15) is 0 Å². The molecule has 7 nitrogen and oxygen atoms in total. The highest BCUT2D eigenvalue weighted by atomic mass is 16.3. The summed E-state index contributed by atoms with van der Waals surface area (Å²) < 4.78 is 13.2. The number of rotatable bonds is 13. The highest BCUT2D eigenvalue weighted by Crippen LogP contribution is 2.55. The van der Waals surface area contributed by atoms with Gasteiger partial charge in [-0.15, -0.1) is 0 Å². The lowest BCUT2D eigenvalue weighted by Crippen LogP contribution is -2.16. The van der Waals surface area contributed by atoms with E-state index in [2.05, 4.69) is 354 Å². The Balaban J connectivity index is 0.000000148. The molecular weight excluding hydrogens is 1260 g/mol. The normalized spacial score (nSPS) is 12.0. The fraction of sp³-hybridized carbons (Fsp3) is 0.0312. The zero-order valence-corrected chi connectivity index (χ0v) is 56.8. The first-order valence-electron chi connectivity index (χ1n) is 34.9. The first kappa shape index (κ1) is 61.6. The van der Waals surface area contributed by atoms with Crippen molar-refractivity contribution in [2.75, 3.05) is 19.6 Å². The van der Waals surface area contributed by atoms with E-state index in [0.29, 0.717) is 5.69 Å². The van der Waals surface area contributed by atoms with Gasteiger partial charge in [-0.1, -0.05) is 232 Å². The van der Waals surface area contributed by atoms with Crippen LogP contribution in [-0.4, -0.2) is 0 Å². The molecule has 0 saturated carbocycles. The van der Waals surface area contributed by atoms with Gasteiger partial charge in [0.05, 0.1) is 23.6 Å². The van der Waals surface area contributed by atoms with Crippen LogP contribution in [0.3, 0.4) is 0 Å². The van der Waals surface area contributed by atoms with E-state index < -0.39 is 0 Å². The van der Waals surface area contributed by atoms with Gasteiger partial charge in [-0.3, -0.25) is 0 Å². The fourth-order valence-corrected chi connectivity index (χ4v) is 15.5. The van der Waals surface area contributed by atoms with Crippen LogP contribution in [0.2, 0.25) is 0 Å². The second-order valence-corrected chi connectivity index (χ2v) is 26.7. The van der Waals surface area contributed by atoms with E-state index in [-0.39, 0.29) is 5.41 Å². The molecular formula is C96H67N5O2. The van der Waals surface area contributed by atoms with Crippen molar-refractivity contribution in [3.63, 3.8) is 0 Å². The van der Waals surface area contributed by atoms with E-state index in [0.717, 1.165) is 112 Å². The van der Waals surface area contributed by atoms with Gasteiger partial charge in [0.1, 0.15) is 22.3 Å². The van der Waals surface area contributed by atoms with Crippen LogP contribution in [0, 0.1) is 6.57 Å². The maximum Gasteiger partial charge on any atom is 0.210 e. The van der Waals surface area contributed by atoms with Crippen molar-refractivity contribution in [2.45, 2.75) is 19.3 Å². The van der Waals surface area contributed by atoms with Gasteiger partial charge in [0.25, 0.3) is 0 Å². The molecule has 0 unspecified atom stereocenters. The summed E-state index contributed by atoms with van der Waals surface area (Å²) >= 11 is 0. The molecule has 0 aliphatic heterocycles. The van der Waals surface area contributed by atoms with Crippen molar-refractivity contribution in [3.05, 3.63) is 393 Å². The van der Waals surface area contributed by atoms with Gasteiger partial charge >= 0.3 is 0 Å². The molecule has 2 aromatic heterocycles. The standard InChI is InChI=1S/C50H35N3O.C46H32N2O/c1-50(2)43-23-13-12-20-37(43)42-32-46(38-21-10-11-22-40(38)49(42)50)53(34-18-8-5-9-19-34)35-27-29-47-41(30-35)39-28-26-36(31-48(39)54-47)52(33-16-6-4-7-17-33)45-25-15-14-24-44(45)51-3;1-4-13-33(14-5-1)34-23-25-38(26-24-34)48(44-22-12-16-35-15-10-11-21-41(35)44)39-28-30-45-43(31-39)42-29-27-40(32-46(42)49-45)47(36-17-6-2-7-18-36)37-19-8-3-9-20-37/h4-32H,1-2H3;1-32H. The average molecular weight is 1320 g/mol. The third-order valence-corrected chi connectivity index (χ3v) is 20.2. The number of hydrogen-bond donors (Lipinski definition) is 0. The van der Waals surface area contributed by atoms with Crippen LogP contribution in [0.4, 0.5) is 73.9 Å². The number of hydrogen-bond acceptors (Lipinski definition) is 6. The minimum atomic E-state index is -0.122. The minimum Gasteiger partial charge on any atom is -0.456 e. The molecule has 18 aromatic rings. The number of nitrogens with zero attached hydrogens (tertiary/aromatic N) is 5. The molecule has 0 N–H and O–H groups in total. The van der Waals surface area contributed by atoms with Crippen LogP contribution < -0.4 is 19.6 Å². The zero-order chi connectivity index (χ0) is 69.0. The summed E-state index contributed by atoms with van der Waals surface area (Å²) in [4.78, 5) is 13.0. The lowest BCUT2D eigenvalue weighted by Gasteiger charge is -2.29. The molecule has 0 atom stereocenters. The van der Waals surface area contributed by atoms with E-state index in [1.54, 1.807) is 0 Å². The minimum absolute atomic E-state index is 0.122. The maximum absolute atomic E-state index is 7.89. The summed E-state index contributed by atoms with van der Waals surface area (Å²) in [5, 5.41) is 9.12. The predicted molar refractivity (Wildman–Crippen MR) is 430 cm³/mol. The maximum atomic E-state index is 7.89. The highest BCUT2D eigenvalue weighted by Gasteiger charge is 2.38. The SMILES string of the molecule is [C-]#[N+]c1ccccc1N(c1ccccc1)c1ccc2c(c1)oc1ccc(N(c3ccccc3)c3cc4c(c5ccccc35)C(C)(C)c3ccccc3-4)cc12.c1ccc(-c2ccc(N(c3ccc4oc5cc(N(c6ccccc6)c6ccccc6)ccc5c4c3)c3cccc4ccccc34)cc2)cc1. The van der Waals surface area contributed by atoms with Crippen LogP contribution >= 0.6 is 0 Å². The summed E-state index contributed by atoms with van der Waals surface area (Å²) in [5.41, 5.74) is 24.0. The Hall–Kier alpha value is -13.7. The fourth-order valence-electron chi connectivity index (χ4n) is 15.5. The van der Waals surface area contributed by atoms with Gasteiger partial charge < -0.3 is 28.4 Å². The third kappa shape index (κ3) is 11.0. The molecule has 1 aliphatic rings. The smallest absolute Gasteiger partial charge is 0.210 e. The van der Waals surface area contributed by atoms with Crippen LogP contribution in [0.5, 0.6) is 0 Å². The highest BCUT2D eigenvalue weighted by molar-refractivity contribution is 6.12. The predicted octanol–water partition coefficient (Wildman–Crippen LogP) is 27.9. The quantitative estimate of drug-likeness (QED) is 0.107. The molecule has 0 saturated heterocycles. The van der Waals surface area contributed by atoms with Gasteiger partial charge in [0.2, 0.25) is 5.69 Å². The van der Waals surface area contributed by atoms with Crippen LogP contribution in [0.15, 0.2) is 379 Å². The van der Waals surface area contributed by atoms with Crippen LogP contribution in [0.1, 0.15) is 25.0 Å². The average Bonchev–Trinajstić information content (AvgIpc) is 1.56. The Morgan fingerprint density at radius 3 is 1.26 bits per heavy atom. The molecule has 7 heteroatoms. The first-order chi connectivity index (χ1) is 50.8. The molecule has 2 heterocycles. The summed E-state index contributed by atoms with van der Waals surface area (Å²) in [6.07, 6.45) is 0. The topological polar surface area (TPSA) is 43.6 Å². The number of benzene rings is 16. The Labute approximate surface area is 598 Å². The molecule has 103 heavy (non-hydrogen) atoms. The largest absolute Gasteiger partial charge is 0.456 e. The summed E-state index contributed by atoms with van der Waals surface area (Å²) in [6, 6.07) is 130. The molecule has 0 bridgehead atoms. The van der Waals surface area contributed by atoms with Crippen molar-refractivity contribution < 1.29 is 8.83 Å². The molecule has 0 fully saturated rings. The van der Waals surface area contributed by atoms with Crippen molar-refractivity contribution >= 4 is 139 Å². The van der Waals surface area contributed by atoms with Crippen LogP contribution in [-0.2, 0) is 5.41 Å². The Morgan fingerprint density at radius 2 is 0.670 bits per heavy atom. The molecule has 488 valence electrons. The second-order valence-electron chi connectivity index (χ2n) is 26.7. The van der Waals surface area contributed by atoms with Crippen LogP contribution in [0.25, 0.3) is 92.5 Å². The van der Waals surface area contributed by atoms with E-state index in [1.807, 2.05) is 54.6 Å². The zero-order valence-electron chi connectivity index (χ0n) is 56.8. The molecule has 19 rings (SSSR count). The van der Waals surface area contributed by atoms with Crippen molar-refractivity contribution in [1.82, 2.24) is 0 Å². The summed E-state index contributed by atoms with van der Waals surface area (Å²) in [7, 11) is 0. The molecule has 16 aromatic carbocycles. The first-order valence-corrected chi connectivity index (χ1v) is 34.9. The molecule has 0 spiro atoms. The van der Waals surface area contributed by atoms with Gasteiger partial charge in [-0.2, -0.15) is 0 Å². The number of anilines is 12. The monoisotopic (exact) mass is 1320 g/mol. The lowest BCUT2D eigenvalue weighted by molar-refractivity contribution is 0.666. The lowest BCUT2D eigenvalue weighted by atomic mass is 9.80. The molecule has 1 aliphatic carbocycles. The van der Waals surface area contributed by atoms with Crippen molar-refractivity contribution in [2.24, 2.45) is 0 Å². The summed E-state index contributed by atoms with van der Waals surface area (Å²) in [5.74, 6) is 0. The number of furan rings is 2. The number of fused-ring (bicyclic) bond motifs is 12. The van der Waals surface area contributed by atoms with Crippen molar-refractivity contribution in [1.29, 1.82) is 0 Å². The Bertz CT molecular complexity index is 6200. The Kier molecular flexibility index (Phi) is 15.5. The number of para-hydroxylation sites is 6. The van der Waals surface area contributed by atoms with Gasteiger partial charge in [0, 0.05) is 101 Å². The summed E-state index contributed by atoms with van der Waals surface area (Å²) in [6.45, 7) is 12.6. The second kappa shape index (κ2) is 25.9. The van der Waals surface area contributed by atoms with E-state index >= 15 is 0 Å². The van der Waals surface area contributed by atoms with E-state index in [4.69, 9.17) is 15.4 Å². The molecule has 0 amide bonds. The van der Waals surface area contributed by atoms with Gasteiger partial charge in [0.15, 0.2) is 0 Å². The Morgan fingerprint density at radius 1 is 0.262 bits per heavy atom.